The number of rotatable bonds is 6. The van der Waals surface area contributed by atoms with Gasteiger partial charge >= 0.3 is 0 Å². The zero-order valence-corrected chi connectivity index (χ0v) is 30.6. The van der Waals surface area contributed by atoms with E-state index in [2.05, 4.69) is 24.3 Å². The topological polar surface area (TPSA) is 32.8 Å². The molecule has 0 bridgehead atoms. The molecule has 4 nitrogen and oxygen atoms in total. The van der Waals surface area contributed by atoms with Crippen LogP contribution in [-0.4, -0.2) is 6.17 Å². The molecule has 280 valence electrons. The van der Waals surface area contributed by atoms with Gasteiger partial charge in [0, 0.05) is 56.7 Å². The normalized spacial score (nSPS) is 14.3. The summed E-state index contributed by atoms with van der Waals surface area (Å²) in [6, 6.07) is 43.3. The van der Waals surface area contributed by atoms with Crippen LogP contribution in [0.15, 0.2) is 178 Å². The average molecular weight is 767 g/mol. The summed E-state index contributed by atoms with van der Waals surface area (Å²) in [6.45, 7) is 0. The second-order valence-corrected chi connectivity index (χ2v) is 14.6. The predicted octanol–water partition coefficient (Wildman–Crippen LogP) is 15.0. The lowest BCUT2D eigenvalue weighted by atomic mass is 10.0. The summed E-state index contributed by atoms with van der Waals surface area (Å²) >= 11 is 0. The Kier molecular flexibility index (Phi) is 7.69. The first-order valence-electron chi connectivity index (χ1n) is 18.9. The zero-order chi connectivity index (χ0) is 39.1. The van der Waals surface area contributed by atoms with Crippen LogP contribution in [0, 0.1) is 17.5 Å². The van der Waals surface area contributed by atoms with E-state index >= 15 is 0 Å². The Labute approximate surface area is 328 Å². The number of fused-ring (bicyclic) bond motifs is 9. The summed E-state index contributed by atoms with van der Waals surface area (Å²) in [6.07, 6.45) is 4.40. The Hall–Kier alpha value is -7.32. The maximum Gasteiger partial charge on any atom is 0.147 e. The van der Waals surface area contributed by atoms with E-state index in [9.17, 15) is 17.6 Å². The van der Waals surface area contributed by atoms with Crippen LogP contribution in [0.1, 0.15) is 6.42 Å². The van der Waals surface area contributed by atoms with E-state index in [4.69, 9.17) is 8.83 Å². The van der Waals surface area contributed by atoms with Crippen LogP contribution in [0.25, 0.3) is 65.4 Å². The van der Waals surface area contributed by atoms with E-state index in [0.29, 0.717) is 11.2 Å². The van der Waals surface area contributed by atoms with Crippen LogP contribution >= 0.6 is 0 Å². The highest BCUT2D eigenvalue weighted by Crippen LogP contribution is 2.44. The van der Waals surface area contributed by atoms with Gasteiger partial charge in [-0.2, -0.15) is 0 Å². The highest BCUT2D eigenvalue weighted by atomic mass is 19.1. The Morgan fingerprint density at radius 1 is 0.448 bits per heavy atom. The molecular formula is C50H30F4N2O2. The summed E-state index contributed by atoms with van der Waals surface area (Å²) in [5, 5.41) is 7.62. The minimum atomic E-state index is -1.04. The van der Waals surface area contributed by atoms with Crippen LogP contribution in [0.4, 0.5) is 46.0 Å². The van der Waals surface area contributed by atoms with Crippen molar-refractivity contribution >= 4 is 93.9 Å². The molecule has 0 aliphatic heterocycles. The van der Waals surface area contributed by atoms with E-state index in [1.54, 1.807) is 48.6 Å². The molecule has 58 heavy (non-hydrogen) atoms. The number of allylic oxidation sites excluding steroid dienone is 3. The van der Waals surface area contributed by atoms with Gasteiger partial charge in [-0.3, -0.25) is 0 Å². The second-order valence-electron chi connectivity index (χ2n) is 14.6. The zero-order valence-electron chi connectivity index (χ0n) is 30.6. The van der Waals surface area contributed by atoms with Crippen molar-refractivity contribution in [2.75, 3.05) is 9.80 Å². The van der Waals surface area contributed by atoms with E-state index in [1.807, 2.05) is 64.4 Å². The number of hydrogen-bond donors (Lipinski definition) is 0. The summed E-state index contributed by atoms with van der Waals surface area (Å²) in [4.78, 5) is 3.96. The van der Waals surface area contributed by atoms with E-state index in [-0.39, 0.29) is 23.9 Å². The molecule has 1 aliphatic rings. The Balaban J connectivity index is 1.02. The van der Waals surface area contributed by atoms with Crippen LogP contribution in [0.2, 0.25) is 0 Å². The highest BCUT2D eigenvalue weighted by molar-refractivity contribution is 6.24. The molecule has 8 aromatic carbocycles. The second kappa shape index (κ2) is 13.1. The van der Waals surface area contributed by atoms with Crippen molar-refractivity contribution in [3.63, 3.8) is 0 Å². The first kappa shape index (κ1) is 34.0. The summed E-state index contributed by atoms with van der Waals surface area (Å²) in [5.74, 6) is -1.02. The molecule has 10 aromatic rings. The van der Waals surface area contributed by atoms with E-state index in [1.165, 1.54) is 36.4 Å². The Morgan fingerprint density at radius 2 is 0.966 bits per heavy atom. The third-order valence-corrected chi connectivity index (χ3v) is 11.0. The molecule has 11 rings (SSSR count). The lowest BCUT2D eigenvalue weighted by Crippen LogP contribution is -2.17. The summed E-state index contributed by atoms with van der Waals surface area (Å²) < 4.78 is 69.1. The van der Waals surface area contributed by atoms with Crippen molar-refractivity contribution in [3.05, 3.63) is 187 Å². The Bertz CT molecular complexity index is 3270. The molecule has 0 saturated heterocycles. The standard InChI is InChI=1S/C50H30F4N2O2/c51-33-3-13-37(14-4-33)55(38-15-5-34(52)6-16-38)41-11-1-29-25-44-43-21-22-46-49(50(43)58-47(44)27-31(29)23-41)45-26-30-2-12-42(24-32(30)28-48(45)57-46)56(39-17-7-35(53)8-18-39)40-19-9-36(54)10-20-40/h1-5,7-28,34H,6H2. The molecule has 1 aliphatic carbocycles. The first-order chi connectivity index (χ1) is 28.3. The van der Waals surface area contributed by atoms with Gasteiger partial charge in [0.25, 0.3) is 0 Å². The molecule has 2 aromatic heterocycles. The number of furan rings is 2. The van der Waals surface area contributed by atoms with Gasteiger partial charge < -0.3 is 18.6 Å². The van der Waals surface area contributed by atoms with Crippen LogP contribution < -0.4 is 9.80 Å². The summed E-state index contributed by atoms with van der Waals surface area (Å²) in [7, 11) is 0. The minimum absolute atomic E-state index is 0.262. The molecule has 2 heterocycles. The molecule has 1 atom stereocenters. The van der Waals surface area contributed by atoms with Crippen molar-refractivity contribution in [3.8, 4) is 0 Å². The third kappa shape index (κ3) is 5.67. The Morgan fingerprint density at radius 3 is 1.53 bits per heavy atom. The molecule has 0 spiro atoms. The number of hydrogen-bond acceptors (Lipinski definition) is 4. The number of alkyl halides is 1. The van der Waals surface area contributed by atoms with E-state index in [0.717, 1.165) is 88.4 Å². The molecular weight excluding hydrogens is 737 g/mol. The van der Waals surface area contributed by atoms with Crippen molar-refractivity contribution in [2.24, 2.45) is 0 Å². The smallest absolute Gasteiger partial charge is 0.147 e. The third-order valence-electron chi connectivity index (χ3n) is 11.0. The molecule has 0 radical (unpaired) electrons. The molecule has 0 amide bonds. The van der Waals surface area contributed by atoms with Crippen molar-refractivity contribution in [1.29, 1.82) is 0 Å². The molecule has 0 fully saturated rings. The van der Waals surface area contributed by atoms with Gasteiger partial charge in [-0.25, -0.2) is 17.6 Å². The molecule has 8 heteroatoms. The minimum Gasteiger partial charge on any atom is -0.456 e. The average Bonchev–Trinajstić information content (AvgIpc) is 3.79. The number of benzene rings is 8. The van der Waals surface area contributed by atoms with Crippen LogP contribution in [-0.2, 0) is 0 Å². The number of halogens is 4. The number of nitrogens with zero attached hydrogens (tertiary/aromatic N) is 2. The van der Waals surface area contributed by atoms with Crippen molar-refractivity contribution in [2.45, 2.75) is 12.6 Å². The van der Waals surface area contributed by atoms with Crippen LogP contribution in [0.3, 0.4) is 0 Å². The fraction of sp³-hybridized carbons (Fsp3) is 0.0400. The van der Waals surface area contributed by atoms with Crippen molar-refractivity contribution < 1.29 is 26.4 Å². The lowest BCUT2D eigenvalue weighted by molar-refractivity contribution is 0.400. The maximum absolute atomic E-state index is 14.1. The van der Waals surface area contributed by atoms with Gasteiger partial charge in [-0.05, 0) is 167 Å². The number of anilines is 5. The fourth-order valence-electron chi connectivity index (χ4n) is 8.25. The van der Waals surface area contributed by atoms with Gasteiger partial charge in [-0.1, -0.05) is 18.2 Å². The monoisotopic (exact) mass is 766 g/mol. The van der Waals surface area contributed by atoms with Gasteiger partial charge in [-0.15, -0.1) is 0 Å². The van der Waals surface area contributed by atoms with E-state index < -0.39 is 6.17 Å². The van der Waals surface area contributed by atoms with Gasteiger partial charge in [0.2, 0.25) is 0 Å². The highest BCUT2D eigenvalue weighted by Gasteiger charge is 2.21. The van der Waals surface area contributed by atoms with Gasteiger partial charge in [0.1, 0.15) is 46.0 Å². The lowest BCUT2D eigenvalue weighted by Gasteiger charge is -2.28. The predicted molar refractivity (Wildman–Crippen MR) is 226 cm³/mol. The maximum atomic E-state index is 14.1. The first-order valence-corrected chi connectivity index (χ1v) is 18.9. The van der Waals surface area contributed by atoms with Gasteiger partial charge in [0.15, 0.2) is 0 Å². The summed E-state index contributed by atoms with van der Waals surface area (Å²) in [5.41, 5.74) is 7.53. The van der Waals surface area contributed by atoms with Crippen LogP contribution in [0.5, 0.6) is 0 Å². The molecule has 1 unspecified atom stereocenters. The van der Waals surface area contributed by atoms with Crippen molar-refractivity contribution in [1.82, 2.24) is 0 Å². The quantitative estimate of drug-likeness (QED) is 0.158. The molecule has 0 saturated carbocycles. The fourth-order valence-corrected chi connectivity index (χ4v) is 8.25. The van der Waals surface area contributed by atoms with Gasteiger partial charge in [0.05, 0.1) is 5.39 Å². The SMILES string of the molecule is Fc1ccc(N(C2=CCC(F)C=C2)c2ccc3cc4c(cc3c2)oc2c4ccc3oc4cc5cc(N(c6ccc(F)cc6)c6ccc(F)cc6)ccc5cc4c32)cc1. The molecule has 0 N–H and O–H groups in total. The largest absolute Gasteiger partial charge is 0.456 e.